The van der Waals surface area contributed by atoms with E-state index in [4.69, 9.17) is 0 Å². The van der Waals surface area contributed by atoms with E-state index in [1.54, 1.807) is 6.21 Å². The lowest BCUT2D eigenvalue weighted by Crippen LogP contribution is -2.20. The maximum absolute atomic E-state index is 12.1. The van der Waals surface area contributed by atoms with Crippen LogP contribution in [0.5, 0.6) is 0 Å². The summed E-state index contributed by atoms with van der Waals surface area (Å²) in [7, 11) is 0. The van der Waals surface area contributed by atoms with Crippen molar-refractivity contribution in [1.29, 1.82) is 0 Å². The maximum atomic E-state index is 12.1. The van der Waals surface area contributed by atoms with E-state index in [1.807, 2.05) is 67.6 Å². The number of aromatic nitrogens is 2. The number of amides is 1. The average Bonchev–Trinajstić information content (AvgIpc) is 3.04. The minimum absolute atomic E-state index is 0.154. The molecule has 0 aliphatic rings. The van der Waals surface area contributed by atoms with Gasteiger partial charge in [-0.2, -0.15) is 5.10 Å². The summed E-state index contributed by atoms with van der Waals surface area (Å²) in [6, 6.07) is 18.0. The Labute approximate surface area is 163 Å². The molecule has 1 N–H and O–H groups in total. The minimum atomic E-state index is -0.154. The van der Waals surface area contributed by atoms with E-state index in [-0.39, 0.29) is 11.7 Å². The lowest BCUT2D eigenvalue weighted by atomic mass is 10.1. The molecule has 3 aromatic rings. The number of carbonyl (C=O) groups excluding carboxylic acids is 1. The van der Waals surface area contributed by atoms with Crippen LogP contribution >= 0.6 is 11.8 Å². The van der Waals surface area contributed by atoms with Gasteiger partial charge in [0, 0.05) is 6.54 Å². The van der Waals surface area contributed by atoms with Gasteiger partial charge < -0.3 is 4.57 Å². The number of imidazole rings is 1. The van der Waals surface area contributed by atoms with E-state index in [0.29, 0.717) is 0 Å². The number of nitrogens with one attached hydrogen (secondary N) is 1. The van der Waals surface area contributed by atoms with Crippen LogP contribution in [-0.2, 0) is 11.3 Å². The van der Waals surface area contributed by atoms with Crippen molar-refractivity contribution >= 4 is 41.0 Å². The van der Waals surface area contributed by atoms with Crippen LogP contribution in [0.15, 0.2) is 70.4 Å². The van der Waals surface area contributed by atoms with Gasteiger partial charge in [-0.25, -0.2) is 10.4 Å². The van der Waals surface area contributed by atoms with Gasteiger partial charge in [0.1, 0.15) is 0 Å². The van der Waals surface area contributed by atoms with Gasteiger partial charge in [-0.1, -0.05) is 60.3 Å². The molecule has 27 heavy (non-hydrogen) atoms. The number of hydrogen-bond donors (Lipinski definition) is 1. The van der Waals surface area contributed by atoms with E-state index >= 15 is 0 Å². The van der Waals surface area contributed by atoms with E-state index in [1.165, 1.54) is 11.8 Å². The summed E-state index contributed by atoms with van der Waals surface area (Å²) >= 11 is 1.42. The first kappa shape index (κ1) is 18.9. The summed E-state index contributed by atoms with van der Waals surface area (Å²) in [5.41, 5.74) is 6.66. The van der Waals surface area contributed by atoms with Gasteiger partial charge in [-0.3, -0.25) is 4.79 Å². The number of nitrogens with zero attached hydrogens (tertiary/aromatic N) is 3. The predicted octanol–water partition coefficient (Wildman–Crippen LogP) is 4.35. The Bertz CT molecular complexity index is 976. The van der Waals surface area contributed by atoms with E-state index in [2.05, 4.69) is 27.0 Å². The molecule has 0 radical (unpaired) electrons. The number of hydrogen-bond acceptors (Lipinski definition) is 4. The lowest BCUT2D eigenvalue weighted by molar-refractivity contribution is -0.118. The van der Waals surface area contributed by atoms with Crippen LogP contribution in [0.3, 0.4) is 0 Å². The number of aryl methyl sites for hydroxylation is 1. The lowest BCUT2D eigenvalue weighted by Gasteiger charge is -2.04. The molecule has 3 rings (SSSR count). The maximum Gasteiger partial charge on any atom is 0.250 e. The quantitative estimate of drug-likeness (QED) is 0.378. The Kier molecular flexibility index (Phi) is 6.44. The molecule has 0 saturated carbocycles. The number of benzene rings is 2. The summed E-state index contributed by atoms with van der Waals surface area (Å²) in [6.07, 6.45) is 3.66. The molecule has 0 atom stereocenters. The summed E-state index contributed by atoms with van der Waals surface area (Å²) in [4.78, 5) is 16.7. The summed E-state index contributed by atoms with van der Waals surface area (Å²) in [5.74, 6) is 0.112. The van der Waals surface area contributed by atoms with Gasteiger partial charge in [-0.15, -0.1) is 0 Å². The molecule has 1 aromatic heterocycles. The molecule has 0 spiro atoms. The molecule has 1 amide bonds. The number of carbonyl (C=O) groups is 1. The number of rotatable bonds is 7. The standard InChI is InChI=1S/C21H22N4OS/c1-3-25-19-12-8-7-11-18(19)23-21(25)27-15-20(26)24-22-14-16(2)13-17-9-5-4-6-10-17/h4-14H,3,15H2,1-2H3,(H,24,26)/b16-13-,22-14-. The summed E-state index contributed by atoms with van der Waals surface area (Å²) in [5, 5.41) is 4.88. The third-order valence-corrected chi connectivity index (χ3v) is 4.90. The Morgan fingerprint density at radius 1 is 1.19 bits per heavy atom. The second-order valence-electron chi connectivity index (χ2n) is 6.01. The molecule has 5 nitrogen and oxygen atoms in total. The first-order chi connectivity index (χ1) is 13.2. The zero-order chi connectivity index (χ0) is 19.1. The Morgan fingerprint density at radius 3 is 2.70 bits per heavy atom. The fourth-order valence-electron chi connectivity index (χ4n) is 2.69. The van der Waals surface area contributed by atoms with Gasteiger partial charge in [0.25, 0.3) is 5.91 Å². The molecule has 1 heterocycles. The minimum Gasteiger partial charge on any atom is -0.319 e. The molecule has 0 saturated heterocycles. The molecular weight excluding hydrogens is 356 g/mol. The molecule has 0 aliphatic carbocycles. The van der Waals surface area contributed by atoms with Crippen LogP contribution in [-0.4, -0.2) is 27.4 Å². The van der Waals surface area contributed by atoms with Crippen LogP contribution < -0.4 is 5.43 Å². The normalized spacial score (nSPS) is 12.0. The molecule has 0 fully saturated rings. The van der Waals surface area contributed by atoms with Gasteiger partial charge in [-0.05, 0) is 37.1 Å². The highest BCUT2D eigenvalue weighted by Crippen LogP contribution is 2.23. The fraction of sp³-hybridized carbons (Fsp3) is 0.190. The fourth-order valence-corrected chi connectivity index (χ4v) is 3.56. The third kappa shape index (κ3) is 5.08. The van der Waals surface area contributed by atoms with Gasteiger partial charge in [0.05, 0.1) is 23.0 Å². The number of fused-ring (bicyclic) bond motifs is 1. The first-order valence-electron chi connectivity index (χ1n) is 8.80. The molecule has 0 unspecified atom stereocenters. The topological polar surface area (TPSA) is 59.3 Å². The molecule has 2 aromatic carbocycles. The van der Waals surface area contributed by atoms with Crippen molar-refractivity contribution in [3.05, 3.63) is 65.7 Å². The van der Waals surface area contributed by atoms with Gasteiger partial charge >= 0.3 is 0 Å². The Balaban J connectivity index is 1.55. The Morgan fingerprint density at radius 2 is 1.93 bits per heavy atom. The number of para-hydroxylation sites is 2. The highest BCUT2D eigenvalue weighted by molar-refractivity contribution is 7.99. The molecule has 138 valence electrons. The molecule has 0 bridgehead atoms. The highest BCUT2D eigenvalue weighted by Gasteiger charge is 2.11. The number of thioether (sulfide) groups is 1. The Hall–Kier alpha value is -2.86. The van der Waals surface area contributed by atoms with Crippen LogP contribution in [0.25, 0.3) is 17.1 Å². The number of allylic oxidation sites excluding steroid dienone is 1. The first-order valence-corrected chi connectivity index (χ1v) is 9.79. The van der Waals surface area contributed by atoms with Crippen molar-refractivity contribution in [3.8, 4) is 0 Å². The predicted molar refractivity (Wildman–Crippen MR) is 113 cm³/mol. The van der Waals surface area contributed by atoms with E-state index in [0.717, 1.165) is 33.9 Å². The van der Waals surface area contributed by atoms with Crippen LogP contribution in [0.2, 0.25) is 0 Å². The zero-order valence-electron chi connectivity index (χ0n) is 15.4. The van der Waals surface area contributed by atoms with Gasteiger partial charge in [0.15, 0.2) is 5.16 Å². The molecule has 6 heteroatoms. The third-order valence-electron chi connectivity index (χ3n) is 3.92. The molecular formula is C21H22N4OS. The van der Waals surface area contributed by atoms with Crippen LogP contribution in [0, 0.1) is 0 Å². The number of hydrazone groups is 1. The van der Waals surface area contributed by atoms with Crippen LogP contribution in [0.4, 0.5) is 0 Å². The largest absolute Gasteiger partial charge is 0.319 e. The second-order valence-corrected chi connectivity index (χ2v) is 6.95. The van der Waals surface area contributed by atoms with Crippen LogP contribution in [0.1, 0.15) is 19.4 Å². The summed E-state index contributed by atoms with van der Waals surface area (Å²) < 4.78 is 2.11. The monoisotopic (exact) mass is 378 g/mol. The van der Waals surface area contributed by atoms with Crippen molar-refractivity contribution in [2.45, 2.75) is 25.5 Å². The van der Waals surface area contributed by atoms with Crippen molar-refractivity contribution in [3.63, 3.8) is 0 Å². The van der Waals surface area contributed by atoms with E-state index < -0.39 is 0 Å². The smallest absolute Gasteiger partial charge is 0.250 e. The highest BCUT2D eigenvalue weighted by atomic mass is 32.2. The van der Waals surface area contributed by atoms with Crippen molar-refractivity contribution < 1.29 is 4.79 Å². The SMILES string of the molecule is CCn1c(SCC(=O)N/N=C\C(C)=C/c2ccccc2)nc2ccccc21. The molecule has 0 aliphatic heterocycles. The van der Waals surface area contributed by atoms with Crippen molar-refractivity contribution in [1.82, 2.24) is 15.0 Å². The van der Waals surface area contributed by atoms with Crippen molar-refractivity contribution in [2.75, 3.05) is 5.75 Å². The summed E-state index contributed by atoms with van der Waals surface area (Å²) in [6.45, 7) is 4.83. The van der Waals surface area contributed by atoms with E-state index in [9.17, 15) is 4.79 Å². The zero-order valence-corrected chi connectivity index (χ0v) is 16.2. The second kappa shape index (κ2) is 9.19. The van der Waals surface area contributed by atoms with Gasteiger partial charge in [0.2, 0.25) is 0 Å². The van der Waals surface area contributed by atoms with Crippen molar-refractivity contribution in [2.24, 2.45) is 5.10 Å². The average molecular weight is 379 g/mol.